The summed E-state index contributed by atoms with van der Waals surface area (Å²) in [7, 11) is 0. The van der Waals surface area contributed by atoms with Crippen LogP contribution < -0.4 is 5.73 Å². The zero-order valence-corrected chi connectivity index (χ0v) is 10.9. The molecule has 6 heteroatoms. The van der Waals surface area contributed by atoms with Gasteiger partial charge in [-0.15, -0.1) is 11.3 Å². The first-order valence-electron chi connectivity index (χ1n) is 5.45. The number of nitrogens with zero attached hydrogens (tertiary/aromatic N) is 2. The molecule has 1 aromatic heterocycles. The van der Waals surface area contributed by atoms with Crippen LogP contribution in [0, 0.1) is 11.3 Å². The van der Waals surface area contributed by atoms with Crippen LogP contribution in [-0.2, 0) is 4.74 Å². The summed E-state index contributed by atoms with van der Waals surface area (Å²) in [5, 5.41) is 8.89. The van der Waals surface area contributed by atoms with Gasteiger partial charge in [-0.3, -0.25) is 4.90 Å². The molecule has 0 aromatic carbocycles. The first-order valence-corrected chi connectivity index (χ1v) is 6.64. The molecular formula is C11H14ClN3OS. The van der Waals surface area contributed by atoms with Gasteiger partial charge in [0.05, 0.1) is 23.1 Å². The van der Waals surface area contributed by atoms with Gasteiger partial charge in [-0.2, -0.15) is 5.26 Å². The first-order chi connectivity index (χ1) is 8.24. The second-order valence-electron chi connectivity index (χ2n) is 3.88. The molecule has 2 unspecified atom stereocenters. The summed E-state index contributed by atoms with van der Waals surface area (Å²) in [6, 6.07) is 6.16. The van der Waals surface area contributed by atoms with E-state index >= 15 is 0 Å². The average Bonchev–Trinajstić information content (AvgIpc) is 2.77. The fraction of sp³-hybridized carbons (Fsp3) is 0.545. The standard InChI is InChI=1S/C11H14ClN3OS/c12-11-2-1-10(17-11)9(6-14)15-3-4-16-8(5-13)7-15/h1-2,8-9H,3-4,6-7,14H2. The highest BCUT2D eigenvalue weighted by Crippen LogP contribution is 2.30. The molecule has 1 aromatic rings. The Kier molecular flexibility index (Phi) is 4.37. The molecule has 0 bridgehead atoms. The number of nitriles is 1. The predicted octanol–water partition coefficient (Wildman–Crippen LogP) is 1.63. The molecule has 17 heavy (non-hydrogen) atoms. The summed E-state index contributed by atoms with van der Waals surface area (Å²) in [5.41, 5.74) is 5.83. The van der Waals surface area contributed by atoms with Gasteiger partial charge in [0.15, 0.2) is 6.10 Å². The number of ether oxygens (including phenoxy) is 1. The fourth-order valence-corrected chi connectivity index (χ4v) is 3.19. The smallest absolute Gasteiger partial charge is 0.156 e. The molecule has 0 amide bonds. The van der Waals surface area contributed by atoms with Crippen LogP contribution in [0.3, 0.4) is 0 Å². The Morgan fingerprint density at radius 2 is 2.53 bits per heavy atom. The molecule has 0 saturated carbocycles. The van der Waals surface area contributed by atoms with Crippen molar-refractivity contribution in [3.8, 4) is 6.07 Å². The molecule has 2 rings (SSSR count). The number of halogens is 1. The summed E-state index contributed by atoms with van der Waals surface area (Å²) in [4.78, 5) is 3.34. The second kappa shape index (κ2) is 5.80. The molecule has 92 valence electrons. The van der Waals surface area contributed by atoms with E-state index < -0.39 is 0 Å². The Labute approximate surface area is 110 Å². The molecule has 2 N–H and O–H groups in total. The van der Waals surface area contributed by atoms with E-state index in [1.165, 1.54) is 0 Å². The summed E-state index contributed by atoms with van der Waals surface area (Å²) < 4.78 is 6.09. The van der Waals surface area contributed by atoms with Gasteiger partial charge in [0.25, 0.3) is 0 Å². The van der Waals surface area contributed by atoms with Gasteiger partial charge in [0.2, 0.25) is 0 Å². The van der Waals surface area contributed by atoms with Crippen molar-refractivity contribution in [2.75, 3.05) is 26.2 Å². The summed E-state index contributed by atoms with van der Waals surface area (Å²) in [6.45, 7) is 2.51. The van der Waals surface area contributed by atoms with Crippen LogP contribution in [0.15, 0.2) is 12.1 Å². The largest absolute Gasteiger partial charge is 0.361 e. The number of thiophene rings is 1. The SMILES string of the molecule is N#CC1CN(C(CN)c2ccc(Cl)s2)CCO1. The minimum Gasteiger partial charge on any atom is -0.361 e. The minimum atomic E-state index is -0.353. The van der Waals surface area contributed by atoms with Crippen molar-refractivity contribution < 1.29 is 4.74 Å². The summed E-state index contributed by atoms with van der Waals surface area (Å²) >= 11 is 7.48. The highest BCUT2D eigenvalue weighted by molar-refractivity contribution is 7.16. The highest BCUT2D eigenvalue weighted by atomic mass is 35.5. The van der Waals surface area contributed by atoms with Crippen molar-refractivity contribution in [3.05, 3.63) is 21.3 Å². The van der Waals surface area contributed by atoms with Gasteiger partial charge in [-0.1, -0.05) is 11.6 Å². The lowest BCUT2D eigenvalue weighted by molar-refractivity contribution is -0.0155. The predicted molar refractivity (Wildman–Crippen MR) is 68.1 cm³/mol. The third kappa shape index (κ3) is 2.97. The lowest BCUT2D eigenvalue weighted by atomic mass is 10.1. The molecule has 0 aliphatic carbocycles. The zero-order chi connectivity index (χ0) is 12.3. The molecule has 2 heterocycles. The fourth-order valence-electron chi connectivity index (χ4n) is 1.98. The Balaban J connectivity index is 2.10. The van der Waals surface area contributed by atoms with E-state index in [1.807, 2.05) is 12.1 Å². The number of nitrogens with two attached hydrogens (primary N) is 1. The van der Waals surface area contributed by atoms with E-state index in [-0.39, 0.29) is 12.1 Å². The minimum absolute atomic E-state index is 0.132. The van der Waals surface area contributed by atoms with Crippen LogP contribution in [0.1, 0.15) is 10.9 Å². The zero-order valence-electron chi connectivity index (χ0n) is 9.30. The molecule has 4 nitrogen and oxygen atoms in total. The maximum Gasteiger partial charge on any atom is 0.156 e. The molecule has 1 aliphatic rings. The van der Waals surface area contributed by atoms with E-state index in [0.717, 1.165) is 15.8 Å². The number of hydrogen-bond acceptors (Lipinski definition) is 5. The Hall–Kier alpha value is -0.640. The normalized spacial score (nSPS) is 23.2. The van der Waals surface area contributed by atoms with E-state index in [0.29, 0.717) is 19.7 Å². The lowest BCUT2D eigenvalue weighted by Crippen LogP contribution is -2.45. The number of morpholine rings is 1. The molecular weight excluding hydrogens is 258 g/mol. The van der Waals surface area contributed by atoms with Gasteiger partial charge < -0.3 is 10.5 Å². The van der Waals surface area contributed by atoms with Crippen molar-refractivity contribution in [3.63, 3.8) is 0 Å². The van der Waals surface area contributed by atoms with Gasteiger partial charge in [0, 0.05) is 24.5 Å². The van der Waals surface area contributed by atoms with Gasteiger partial charge in [-0.05, 0) is 12.1 Å². The Bertz CT molecular complexity index is 417. The topological polar surface area (TPSA) is 62.3 Å². The molecule has 2 atom stereocenters. The third-order valence-electron chi connectivity index (χ3n) is 2.83. The van der Waals surface area contributed by atoms with E-state index in [4.69, 9.17) is 27.3 Å². The second-order valence-corrected chi connectivity index (χ2v) is 5.62. The molecule has 0 spiro atoms. The van der Waals surface area contributed by atoms with E-state index in [1.54, 1.807) is 11.3 Å². The van der Waals surface area contributed by atoms with Crippen molar-refractivity contribution in [1.29, 1.82) is 5.26 Å². The Morgan fingerprint density at radius 3 is 3.12 bits per heavy atom. The average molecular weight is 272 g/mol. The Morgan fingerprint density at radius 1 is 1.71 bits per heavy atom. The van der Waals surface area contributed by atoms with Crippen LogP contribution in [0.2, 0.25) is 4.34 Å². The summed E-state index contributed by atoms with van der Waals surface area (Å²) in [6.07, 6.45) is -0.353. The number of rotatable bonds is 3. The lowest BCUT2D eigenvalue weighted by Gasteiger charge is -2.35. The first kappa shape index (κ1) is 12.8. The molecule has 0 radical (unpaired) electrons. The van der Waals surface area contributed by atoms with Crippen molar-refractivity contribution in [2.45, 2.75) is 12.1 Å². The van der Waals surface area contributed by atoms with E-state index in [9.17, 15) is 0 Å². The van der Waals surface area contributed by atoms with E-state index in [2.05, 4.69) is 11.0 Å². The van der Waals surface area contributed by atoms with Crippen LogP contribution in [-0.4, -0.2) is 37.2 Å². The molecule has 1 saturated heterocycles. The van der Waals surface area contributed by atoms with Crippen LogP contribution in [0.4, 0.5) is 0 Å². The van der Waals surface area contributed by atoms with Crippen molar-refractivity contribution in [2.24, 2.45) is 5.73 Å². The monoisotopic (exact) mass is 271 g/mol. The quantitative estimate of drug-likeness (QED) is 0.908. The highest BCUT2D eigenvalue weighted by Gasteiger charge is 2.27. The van der Waals surface area contributed by atoms with Crippen molar-refractivity contribution >= 4 is 22.9 Å². The summed E-state index contributed by atoms with van der Waals surface area (Å²) in [5.74, 6) is 0. The molecule has 1 aliphatic heterocycles. The molecule has 1 fully saturated rings. The van der Waals surface area contributed by atoms with Crippen LogP contribution in [0.25, 0.3) is 0 Å². The maximum absolute atomic E-state index is 8.89. The van der Waals surface area contributed by atoms with Gasteiger partial charge in [-0.25, -0.2) is 0 Å². The number of hydrogen-bond donors (Lipinski definition) is 1. The van der Waals surface area contributed by atoms with Gasteiger partial charge in [0.1, 0.15) is 0 Å². The van der Waals surface area contributed by atoms with Crippen molar-refractivity contribution in [1.82, 2.24) is 4.90 Å². The van der Waals surface area contributed by atoms with Crippen LogP contribution >= 0.6 is 22.9 Å². The third-order valence-corrected chi connectivity index (χ3v) is 4.16. The maximum atomic E-state index is 8.89. The van der Waals surface area contributed by atoms with Crippen LogP contribution in [0.5, 0.6) is 0 Å². The van der Waals surface area contributed by atoms with Gasteiger partial charge >= 0.3 is 0 Å².